The summed E-state index contributed by atoms with van der Waals surface area (Å²) < 4.78 is 5.40. The number of hydrogen-bond donors (Lipinski definition) is 1. The summed E-state index contributed by atoms with van der Waals surface area (Å²) in [5.41, 5.74) is 0.634. The number of carboxylic acids is 1. The molecule has 0 radical (unpaired) electrons. The van der Waals surface area contributed by atoms with Crippen molar-refractivity contribution in [1.29, 1.82) is 0 Å². The van der Waals surface area contributed by atoms with Gasteiger partial charge in [0.25, 0.3) is 0 Å². The SMILES string of the molecule is CC(C)(C)OC(=O)N1CCCC(CCCc2ccccc2)C1C(=O)O. The molecule has 2 rings (SSSR count). The molecule has 1 saturated heterocycles. The summed E-state index contributed by atoms with van der Waals surface area (Å²) in [6.07, 6.45) is 3.78. The van der Waals surface area contributed by atoms with E-state index in [1.54, 1.807) is 20.8 Å². The van der Waals surface area contributed by atoms with Crippen LogP contribution in [0.2, 0.25) is 0 Å². The average Bonchev–Trinajstić information content (AvgIpc) is 2.54. The minimum Gasteiger partial charge on any atom is -0.480 e. The van der Waals surface area contributed by atoms with Crippen LogP contribution in [0.5, 0.6) is 0 Å². The van der Waals surface area contributed by atoms with Gasteiger partial charge in [0.05, 0.1) is 0 Å². The molecule has 1 fully saturated rings. The molecule has 0 saturated carbocycles. The molecular weight excluding hydrogens is 318 g/mol. The largest absolute Gasteiger partial charge is 0.480 e. The van der Waals surface area contributed by atoms with Gasteiger partial charge in [-0.2, -0.15) is 0 Å². The first-order valence-electron chi connectivity index (χ1n) is 9.04. The summed E-state index contributed by atoms with van der Waals surface area (Å²) in [5.74, 6) is -0.960. The van der Waals surface area contributed by atoms with Crippen LogP contribution in [0.25, 0.3) is 0 Å². The smallest absolute Gasteiger partial charge is 0.411 e. The maximum absolute atomic E-state index is 12.4. The van der Waals surface area contributed by atoms with Gasteiger partial charge in [-0.3, -0.25) is 4.90 Å². The van der Waals surface area contributed by atoms with Crippen molar-refractivity contribution in [3.05, 3.63) is 35.9 Å². The number of carboxylic acid groups (broad SMARTS) is 1. The van der Waals surface area contributed by atoms with Crippen LogP contribution in [0.3, 0.4) is 0 Å². The van der Waals surface area contributed by atoms with E-state index in [1.807, 2.05) is 18.2 Å². The van der Waals surface area contributed by atoms with E-state index in [0.717, 1.165) is 32.1 Å². The van der Waals surface area contributed by atoms with Crippen LogP contribution in [-0.2, 0) is 16.0 Å². The lowest BCUT2D eigenvalue weighted by Crippen LogP contribution is -2.53. The van der Waals surface area contributed by atoms with Gasteiger partial charge in [0.1, 0.15) is 11.6 Å². The number of carbonyl (C=O) groups is 2. The number of benzene rings is 1. The highest BCUT2D eigenvalue weighted by Crippen LogP contribution is 2.29. The molecule has 5 nitrogen and oxygen atoms in total. The number of amides is 1. The molecule has 1 N–H and O–H groups in total. The molecule has 25 heavy (non-hydrogen) atoms. The number of likely N-dealkylation sites (tertiary alicyclic amines) is 1. The van der Waals surface area contributed by atoms with Gasteiger partial charge in [-0.05, 0) is 64.4 Å². The molecule has 0 aromatic heterocycles. The maximum atomic E-state index is 12.4. The standard InChI is InChI=1S/C20H29NO4/c1-20(2,3)25-19(24)21-14-8-13-16(17(21)18(22)23)12-7-11-15-9-5-4-6-10-15/h4-6,9-10,16-17H,7-8,11-14H2,1-3H3,(H,22,23). The predicted octanol–water partition coefficient (Wildman–Crippen LogP) is 4.11. The number of rotatable bonds is 5. The number of aliphatic carboxylic acids is 1. The zero-order valence-electron chi connectivity index (χ0n) is 15.4. The normalized spacial score (nSPS) is 21.0. The predicted molar refractivity (Wildman–Crippen MR) is 96.5 cm³/mol. The molecule has 2 unspecified atom stereocenters. The average molecular weight is 347 g/mol. The quantitative estimate of drug-likeness (QED) is 0.870. The van der Waals surface area contributed by atoms with Crippen LogP contribution < -0.4 is 0 Å². The van der Waals surface area contributed by atoms with Gasteiger partial charge >= 0.3 is 12.1 Å². The van der Waals surface area contributed by atoms with E-state index in [4.69, 9.17) is 4.74 Å². The van der Waals surface area contributed by atoms with Crippen LogP contribution in [0.4, 0.5) is 4.79 Å². The van der Waals surface area contributed by atoms with Crippen LogP contribution >= 0.6 is 0 Å². The number of ether oxygens (including phenoxy) is 1. The fourth-order valence-electron chi connectivity index (χ4n) is 3.45. The van der Waals surface area contributed by atoms with Crippen LogP contribution in [0.1, 0.15) is 52.0 Å². The number of nitrogens with zero attached hydrogens (tertiary/aromatic N) is 1. The molecule has 0 bridgehead atoms. The van der Waals surface area contributed by atoms with E-state index >= 15 is 0 Å². The molecule has 0 spiro atoms. The summed E-state index contributed by atoms with van der Waals surface area (Å²) in [4.78, 5) is 25.6. The van der Waals surface area contributed by atoms with Gasteiger partial charge < -0.3 is 9.84 Å². The third kappa shape index (κ3) is 5.76. The summed E-state index contributed by atoms with van der Waals surface area (Å²) in [6.45, 7) is 5.83. The Hall–Kier alpha value is -2.04. The molecule has 2 atom stereocenters. The lowest BCUT2D eigenvalue weighted by atomic mass is 9.85. The van der Waals surface area contributed by atoms with Gasteiger partial charge in [0.2, 0.25) is 0 Å². The summed E-state index contributed by atoms with van der Waals surface area (Å²) in [7, 11) is 0. The fraction of sp³-hybridized carbons (Fsp3) is 0.600. The van der Waals surface area contributed by atoms with E-state index in [9.17, 15) is 14.7 Å². The molecule has 5 heteroatoms. The second-order valence-electron chi connectivity index (χ2n) is 7.74. The van der Waals surface area contributed by atoms with Crippen molar-refractivity contribution in [1.82, 2.24) is 4.90 Å². The first-order valence-corrected chi connectivity index (χ1v) is 9.04. The Morgan fingerprint density at radius 1 is 1.24 bits per heavy atom. The Balaban J connectivity index is 1.99. The second kappa shape index (κ2) is 8.37. The minimum absolute atomic E-state index is 0.0255. The van der Waals surface area contributed by atoms with Crippen LogP contribution in [-0.4, -0.2) is 40.3 Å². The topological polar surface area (TPSA) is 66.8 Å². The maximum Gasteiger partial charge on any atom is 0.411 e. The number of hydrogen-bond acceptors (Lipinski definition) is 3. The first kappa shape index (κ1) is 19.3. The minimum atomic E-state index is -0.935. The lowest BCUT2D eigenvalue weighted by molar-refractivity contribution is -0.147. The van der Waals surface area contributed by atoms with Crippen molar-refractivity contribution in [2.45, 2.75) is 64.5 Å². The molecule has 0 aliphatic carbocycles. The van der Waals surface area contributed by atoms with Crippen LogP contribution in [0, 0.1) is 5.92 Å². The van der Waals surface area contributed by atoms with Crippen molar-refractivity contribution >= 4 is 12.1 Å². The highest BCUT2D eigenvalue weighted by Gasteiger charge is 2.40. The van der Waals surface area contributed by atoms with E-state index in [2.05, 4.69) is 12.1 Å². The molecule has 1 aliphatic heterocycles. The molecule has 1 aromatic rings. The Kier molecular flexibility index (Phi) is 6.45. The number of carbonyl (C=O) groups excluding carboxylic acids is 1. The van der Waals surface area contributed by atoms with Gasteiger partial charge in [-0.15, -0.1) is 0 Å². The fourth-order valence-corrected chi connectivity index (χ4v) is 3.45. The summed E-state index contributed by atoms with van der Waals surface area (Å²) >= 11 is 0. The highest BCUT2D eigenvalue weighted by molar-refractivity contribution is 5.80. The Morgan fingerprint density at radius 2 is 1.92 bits per heavy atom. The molecule has 1 amide bonds. The Labute approximate surface area is 150 Å². The monoisotopic (exact) mass is 347 g/mol. The van der Waals surface area contributed by atoms with Crippen molar-refractivity contribution in [3.8, 4) is 0 Å². The van der Waals surface area contributed by atoms with E-state index in [-0.39, 0.29) is 5.92 Å². The van der Waals surface area contributed by atoms with Gasteiger partial charge in [0.15, 0.2) is 0 Å². The van der Waals surface area contributed by atoms with Gasteiger partial charge in [-0.1, -0.05) is 30.3 Å². The number of aryl methyl sites for hydroxylation is 1. The highest BCUT2D eigenvalue weighted by atomic mass is 16.6. The Morgan fingerprint density at radius 3 is 2.52 bits per heavy atom. The third-order valence-electron chi connectivity index (χ3n) is 4.52. The van der Waals surface area contributed by atoms with Crippen LogP contribution in [0.15, 0.2) is 30.3 Å². The molecule has 138 valence electrons. The molecule has 1 heterocycles. The van der Waals surface area contributed by atoms with Gasteiger partial charge in [0, 0.05) is 6.54 Å². The number of piperidine rings is 1. The Bertz CT molecular complexity index is 579. The van der Waals surface area contributed by atoms with Crippen molar-refractivity contribution in [2.75, 3.05) is 6.54 Å². The van der Waals surface area contributed by atoms with E-state index in [1.165, 1.54) is 10.5 Å². The zero-order chi connectivity index (χ0) is 18.4. The molecular formula is C20H29NO4. The van der Waals surface area contributed by atoms with Crippen molar-refractivity contribution in [2.24, 2.45) is 5.92 Å². The summed E-state index contributed by atoms with van der Waals surface area (Å²) in [5, 5.41) is 9.69. The summed E-state index contributed by atoms with van der Waals surface area (Å²) in [6, 6.07) is 9.40. The third-order valence-corrected chi connectivity index (χ3v) is 4.52. The van der Waals surface area contributed by atoms with Gasteiger partial charge in [-0.25, -0.2) is 9.59 Å². The van der Waals surface area contributed by atoms with Crippen molar-refractivity contribution < 1.29 is 19.4 Å². The molecule has 1 aliphatic rings. The lowest BCUT2D eigenvalue weighted by Gasteiger charge is -2.39. The first-order chi connectivity index (χ1) is 11.8. The molecule has 1 aromatic carbocycles. The second-order valence-corrected chi connectivity index (χ2v) is 7.74. The van der Waals surface area contributed by atoms with E-state index < -0.39 is 23.7 Å². The zero-order valence-corrected chi connectivity index (χ0v) is 15.4. The van der Waals surface area contributed by atoms with E-state index in [0.29, 0.717) is 6.54 Å². The van der Waals surface area contributed by atoms with Crippen molar-refractivity contribution in [3.63, 3.8) is 0 Å².